The maximum Gasteiger partial charge on any atom is 0.257 e. The SMILES string of the molecule is O=C(CSc1nc2ccccc2o1)N1CCSC(c2ccccc2Cl)CC1. The van der Waals surface area contributed by atoms with Crippen molar-refractivity contribution in [2.75, 3.05) is 24.6 Å². The van der Waals surface area contributed by atoms with Crippen molar-refractivity contribution in [1.29, 1.82) is 0 Å². The summed E-state index contributed by atoms with van der Waals surface area (Å²) in [4.78, 5) is 19.0. The molecule has 1 fully saturated rings. The van der Waals surface area contributed by atoms with Crippen LogP contribution in [0, 0.1) is 0 Å². The smallest absolute Gasteiger partial charge is 0.257 e. The van der Waals surface area contributed by atoms with Crippen LogP contribution in [0.3, 0.4) is 0 Å². The Labute approximate surface area is 171 Å². The first-order valence-electron chi connectivity index (χ1n) is 8.83. The van der Waals surface area contributed by atoms with Crippen molar-refractivity contribution in [3.05, 3.63) is 59.1 Å². The van der Waals surface area contributed by atoms with Crippen molar-refractivity contribution in [2.45, 2.75) is 16.9 Å². The van der Waals surface area contributed by atoms with Gasteiger partial charge in [0.05, 0.1) is 5.75 Å². The summed E-state index contributed by atoms with van der Waals surface area (Å²) >= 11 is 9.58. The molecule has 1 saturated heterocycles. The van der Waals surface area contributed by atoms with Gasteiger partial charge in [-0.25, -0.2) is 4.98 Å². The van der Waals surface area contributed by atoms with Crippen molar-refractivity contribution < 1.29 is 9.21 Å². The number of aromatic nitrogens is 1. The van der Waals surface area contributed by atoms with Gasteiger partial charge >= 0.3 is 0 Å². The van der Waals surface area contributed by atoms with E-state index in [1.807, 2.05) is 59.1 Å². The summed E-state index contributed by atoms with van der Waals surface area (Å²) in [5, 5.41) is 1.69. The average Bonchev–Trinajstić information content (AvgIpc) is 2.94. The molecule has 7 heteroatoms. The van der Waals surface area contributed by atoms with Gasteiger partial charge in [-0.3, -0.25) is 4.79 Å². The Morgan fingerprint density at radius 2 is 2.04 bits per heavy atom. The highest BCUT2D eigenvalue weighted by molar-refractivity contribution is 7.99. The molecule has 0 aliphatic carbocycles. The molecule has 1 amide bonds. The quantitative estimate of drug-likeness (QED) is 0.539. The van der Waals surface area contributed by atoms with Crippen molar-refractivity contribution >= 4 is 52.1 Å². The molecule has 2 aromatic carbocycles. The van der Waals surface area contributed by atoms with Crippen LogP contribution in [0.15, 0.2) is 58.2 Å². The first kappa shape index (κ1) is 18.7. The maximum atomic E-state index is 12.6. The first-order chi connectivity index (χ1) is 13.2. The number of para-hydroxylation sites is 2. The molecule has 0 saturated carbocycles. The fourth-order valence-electron chi connectivity index (χ4n) is 3.13. The fourth-order valence-corrected chi connectivity index (χ4v) is 5.47. The Morgan fingerprint density at radius 3 is 2.89 bits per heavy atom. The lowest BCUT2D eigenvalue weighted by atomic mass is 10.1. The number of carbonyl (C=O) groups is 1. The standard InChI is InChI=1S/C20H19ClN2O2S2/c21-15-6-2-1-5-14(15)18-9-10-23(11-12-26-18)19(24)13-27-20-22-16-7-3-4-8-17(16)25-20/h1-8,18H,9-13H2. The van der Waals surface area contributed by atoms with Crippen LogP contribution < -0.4 is 0 Å². The summed E-state index contributed by atoms with van der Waals surface area (Å²) in [5.41, 5.74) is 2.74. The number of hydrogen-bond donors (Lipinski definition) is 0. The Bertz CT molecular complexity index is 913. The van der Waals surface area contributed by atoms with E-state index in [9.17, 15) is 4.79 Å². The molecule has 0 spiro atoms. The first-order valence-corrected chi connectivity index (χ1v) is 11.2. The third-order valence-electron chi connectivity index (χ3n) is 4.54. The largest absolute Gasteiger partial charge is 0.431 e. The number of halogens is 1. The van der Waals surface area contributed by atoms with E-state index in [1.165, 1.54) is 17.3 Å². The van der Waals surface area contributed by atoms with Crippen LogP contribution in [0.5, 0.6) is 0 Å². The molecular formula is C20H19ClN2O2S2. The summed E-state index contributed by atoms with van der Waals surface area (Å²) in [6.07, 6.45) is 0.910. The van der Waals surface area contributed by atoms with Gasteiger partial charge in [-0.05, 0) is 30.2 Å². The summed E-state index contributed by atoms with van der Waals surface area (Å²) in [6, 6.07) is 15.6. The van der Waals surface area contributed by atoms with Gasteiger partial charge in [-0.2, -0.15) is 11.8 Å². The molecule has 1 atom stereocenters. The van der Waals surface area contributed by atoms with Crippen molar-refractivity contribution in [2.24, 2.45) is 0 Å². The van der Waals surface area contributed by atoms with Gasteiger partial charge in [0.15, 0.2) is 5.58 Å². The van der Waals surface area contributed by atoms with E-state index in [2.05, 4.69) is 11.1 Å². The Morgan fingerprint density at radius 1 is 1.22 bits per heavy atom. The van der Waals surface area contributed by atoms with E-state index >= 15 is 0 Å². The van der Waals surface area contributed by atoms with Crippen LogP contribution in [0.1, 0.15) is 17.2 Å². The van der Waals surface area contributed by atoms with Gasteiger partial charge in [-0.1, -0.05) is 53.7 Å². The number of oxazole rings is 1. The summed E-state index contributed by atoms with van der Waals surface area (Å²) < 4.78 is 5.68. The van der Waals surface area contributed by atoms with Crippen LogP contribution in [0.4, 0.5) is 0 Å². The highest BCUT2D eigenvalue weighted by Crippen LogP contribution is 2.38. The minimum atomic E-state index is 0.127. The van der Waals surface area contributed by atoms with Gasteiger partial charge in [0, 0.05) is 29.1 Å². The molecule has 4 nitrogen and oxygen atoms in total. The van der Waals surface area contributed by atoms with Gasteiger partial charge in [0.2, 0.25) is 5.91 Å². The number of fused-ring (bicyclic) bond motifs is 1. The maximum absolute atomic E-state index is 12.6. The van der Waals surface area contributed by atoms with Crippen LogP contribution in [-0.2, 0) is 4.79 Å². The molecular weight excluding hydrogens is 400 g/mol. The van der Waals surface area contributed by atoms with Crippen LogP contribution in [0.25, 0.3) is 11.1 Å². The molecule has 4 rings (SSSR count). The molecule has 1 aromatic heterocycles. The average molecular weight is 419 g/mol. The van der Waals surface area contributed by atoms with E-state index in [0.717, 1.165) is 41.4 Å². The second-order valence-corrected chi connectivity index (χ2v) is 8.93. The van der Waals surface area contributed by atoms with E-state index in [0.29, 0.717) is 16.2 Å². The van der Waals surface area contributed by atoms with Crippen LogP contribution in [0.2, 0.25) is 5.02 Å². The lowest BCUT2D eigenvalue weighted by Gasteiger charge is -2.20. The highest BCUT2D eigenvalue weighted by Gasteiger charge is 2.23. The predicted molar refractivity (Wildman–Crippen MR) is 113 cm³/mol. The highest BCUT2D eigenvalue weighted by atomic mass is 35.5. The molecule has 1 aliphatic heterocycles. The van der Waals surface area contributed by atoms with Gasteiger partial charge in [0.25, 0.3) is 5.22 Å². The topological polar surface area (TPSA) is 46.3 Å². The van der Waals surface area contributed by atoms with Gasteiger partial charge in [0.1, 0.15) is 5.52 Å². The Balaban J connectivity index is 1.34. The molecule has 3 aromatic rings. The van der Waals surface area contributed by atoms with E-state index in [-0.39, 0.29) is 5.91 Å². The number of nitrogens with zero attached hydrogens (tertiary/aromatic N) is 2. The van der Waals surface area contributed by atoms with Crippen LogP contribution >= 0.6 is 35.1 Å². The van der Waals surface area contributed by atoms with Crippen LogP contribution in [-0.4, -0.2) is 40.4 Å². The number of carbonyl (C=O) groups excluding carboxylic acids is 1. The molecule has 0 radical (unpaired) electrons. The molecule has 2 heterocycles. The lowest BCUT2D eigenvalue weighted by molar-refractivity contribution is -0.128. The van der Waals surface area contributed by atoms with Gasteiger partial charge in [-0.15, -0.1) is 0 Å². The number of amides is 1. The van der Waals surface area contributed by atoms with E-state index in [1.54, 1.807) is 0 Å². The fraction of sp³-hybridized carbons (Fsp3) is 0.300. The zero-order valence-electron chi connectivity index (χ0n) is 14.6. The zero-order valence-corrected chi connectivity index (χ0v) is 17.0. The summed E-state index contributed by atoms with van der Waals surface area (Å²) in [5.74, 6) is 1.38. The Hall–Kier alpha value is -1.63. The minimum Gasteiger partial charge on any atom is -0.431 e. The monoisotopic (exact) mass is 418 g/mol. The third kappa shape index (κ3) is 4.45. The third-order valence-corrected chi connectivity index (χ3v) is 7.01. The van der Waals surface area contributed by atoms with Crippen molar-refractivity contribution in [3.63, 3.8) is 0 Å². The summed E-state index contributed by atoms with van der Waals surface area (Å²) in [6.45, 7) is 1.51. The van der Waals surface area contributed by atoms with E-state index in [4.69, 9.17) is 16.0 Å². The summed E-state index contributed by atoms with van der Waals surface area (Å²) in [7, 11) is 0. The second kappa shape index (κ2) is 8.59. The molecule has 140 valence electrons. The number of thioether (sulfide) groups is 2. The molecule has 27 heavy (non-hydrogen) atoms. The second-order valence-electron chi connectivity index (χ2n) is 6.29. The minimum absolute atomic E-state index is 0.127. The molecule has 1 unspecified atom stereocenters. The van der Waals surface area contributed by atoms with Gasteiger partial charge < -0.3 is 9.32 Å². The number of hydrogen-bond acceptors (Lipinski definition) is 5. The van der Waals surface area contributed by atoms with Crippen molar-refractivity contribution in [1.82, 2.24) is 9.88 Å². The zero-order chi connectivity index (χ0) is 18.6. The molecule has 0 N–H and O–H groups in total. The van der Waals surface area contributed by atoms with Crippen molar-refractivity contribution in [3.8, 4) is 0 Å². The molecule has 1 aliphatic rings. The predicted octanol–water partition coefficient (Wildman–Crippen LogP) is 5.28. The lowest BCUT2D eigenvalue weighted by Crippen LogP contribution is -2.34. The normalized spacial score (nSPS) is 17.8. The molecule has 0 bridgehead atoms. The number of rotatable bonds is 4. The van der Waals surface area contributed by atoms with E-state index < -0.39 is 0 Å². The Kier molecular flexibility index (Phi) is 5.95. The number of benzene rings is 2.